The Hall–Kier alpha value is -6.45. The number of hydrogen-bond donors (Lipinski definition) is 0. The van der Waals surface area contributed by atoms with Gasteiger partial charge in [0.05, 0.1) is 0 Å². The van der Waals surface area contributed by atoms with Gasteiger partial charge in [0.2, 0.25) is 0 Å². The minimum Gasteiger partial charge on any atom is -0.212 e. The fraction of sp³-hybridized carbons (Fsp3) is 0.0426. The van der Waals surface area contributed by atoms with E-state index >= 15 is 0 Å². The summed E-state index contributed by atoms with van der Waals surface area (Å²) in [6.07, 6.45) is 9.40. The van der Waals surface area contributed by atoms with Crippen molar-refractivity contribution in [1.29, 1.82) is 0 Å². The van der Waals surface area contributed by atoms with Gasteiger partial charge in [-0.3, -0.25) is 0 Å². The Labute approximate surface area is 292 Å². The fourth-order valence-corrected chi connectivity index (χ4v) is 7.03. The number of benzene rings is 7. The molecule has 1 heterocycles. The lowest BCUT2D eigenvalue weighted by molar-refractivity contribution is 0.764. The summed E-state index contributed by atoms with van der Waals surface area (Å²) in [5.74, 6) is 2.22. The monoisotopic (exact) mass is 639 g/mol. The molecule has 0 spiro atoms. The maximum atomic E-state index is 5.18. The van der Waals surface area contributed by atoms with Gasteiger partial charge in [-0.05, 0) is 85.6 Å². The van der Waals surface area contributed by atoms with Crippen LogP contribution < -0.4 is 0 Å². The average Bonchev–Trinajstić information content (AvgIpc) is 3.21. The first-order valence-corrected chi connectivity index (χ1v) is 17.1. The molecule has 9 rings (SSSR count). The molecule has 0 fully saturated rings. The van der Waals surface area contributed by atoms with Crippen LogP contribution in [0.2, 0.25) is 0 Å². The van der Waals surface area contributed by atoms with E-state index in [1.165, 1.54) is 38.2 Å². The summed E-state index contributed by atoms with van der Waals surface area (Å²) < 4.78 is 0. The summed E-state index contributed by atoms with van der Waals surface area (Å²) in [5.41, 5.74) is 8.87. The van der Waals surface area contributed by atoms with Crippen LogP contribution in [-0.2, 0) is 0 Å². The molecule has 236 valence electrons. The van der Waals surface area contributed by atoms with Gasteiger partial charge in [-0.15, -0.1) is 0 Å². The average molecular weight is 640 g/mol. The number of allylic oxidation sites excluding steroid dienone is 4. The maximum Gasteiger partial charge on any atom is 0.163 e. The minimum atomic E-state index is 0.0850. The van der Waals surface area contributed by atoms with E-state index in [1.807, 2.05) is 18.2 Å². The third-order valence-corrected chi connectivity index (χ3v) is 9.59. The van der Waals surface area contributed by atoms with Crippen LogP contribution in [0, 0.1) is 0 Å². The molecule has 0 amide bonds. The molecule has 3 heteroatoms. The molecule has 1 aliphatic carbocycles. The molecule has 50 heavy (non-hydrogen) atoms. The van der Waals surface area contributed by atoms with Gasteiger partial charge < -0.3 is 0 Å². The number of hydrogen-bond acceptors (Lipinski definition) is 3. The Morgan fingerprint density at radius 3 is 1.68 bits per heavy atom. The van der Waals surface area contributed by atoms with Gasteiger partial charge in [0.15, 0.2) is 11.6 Å². The van der Waals surface area contributed by atoms with Crippen molar-refractivity contribution in [2.24, 2.45) is 0 Å². The van der Waals surface area contributed by atoms with Gasteiger partial charge in [-0.2, -0.15) is 0 Å². The molecule has 1 aliphatic rings. The van der Waals surface area contributed by atoms with Crippen molar-refractivity contribution in [3.05, 3.63) is 188 Å². The van der Waals surface area contributed by atoms with E-state index in [-0.39, 0.29) is 5.92 Å². The zero-order valence-electron chi connectivity index (χ0n) is 27.4. The Kier molecular flexibility index (Phi) is 7.64. The second-order valence-corrected chi connectivity index (χ2v) is 12.8. The van der Waals surface area contributed by atoms with Crippen LogP contribution in [0.15, 0.2) is 182 Å². The second-order valence-electron chi connectivity index (χ2n) is 12.8. The number of aromatic nitrogens is 3. The molecule has 0 saturated heterocycles. The van der Waals surface area contributed by atoms with Crippen LogP contribution in [0.3, 0.4) is 0 Å². The Morgan fingerprint density at radius 1 is 0.400 bits per heavy atom. The molecule has 1 aromatic heterocycles. The van der Waals surface area contributed by atoms with E-state index in [0.717, 1.165) is 40.1 Å². The number of rotatable bonds is 6. The lowest BCUT2D eigenvalue weighted by Gasteiger charge is -2.16. The quantitative estimate of drug-likeness (QED) is 0.170. The van der Waals surface area contributed by atoms with E-state index in [1.54, 1.807) is 0 Å². The zero-order valence-corrected chi connectivity index (χ0v) is 27.4. The van der Waals surface area contributed by atoms with Crippen LogP contribution in [0.5, 0.6) is 0 Å². The molecule has 1 atom stereocenters. The Bertz CT molecular complexity index is 2550. The molecule has 0 bridgehead atoms. The first kappa shape index (κ1) is 29.7. The van der Waals surface area contributed by atoms with Crippen LogP contribution in [0.1, 0.15) is 18.2 Å². The fourth-order valence-electron chi connectivity index (χ4n) is 7.03. The van der Waals surface area contributed by atoms with Gasteiger partial charge in [0.1, 0.15) is 5.82 Å². The first-order valence-electron chi connectivity index (χ1n) is 17.1. The highest BCUT2D eigenvalue weighted by atomic mass is 15.0. The molecule has 1 unspecified atom stereocenters. The third-order valence-electron chi connectivity index (χ3n) is 9.59. The molecule has 0 N–H and O–H groups in total. The topological polar surface area (TPSA) is 38.7 Å². The van der Waals surface area contributed by atoms with Crippen LogP contribution in [0.4, 0.5) is 0 Å². The summed E-state index contributed by atoms with van der Waals surface area (Å²) in [4.78, 5) is 15.3. The normalized spacial score (nSPS) is 14.0. The third kappa shape index (κ3) is 5.69. The smallest absolute Gasteiger partial charge is 0.163 e. The van der Waals surface area contributed by atoms with Crippen LogP contribution >= 0.6 is 0 Å². The minimum absolute atomic E-state index is 0.0850. The van der Waals surface area contributed by atoms with Gasteiger partial charge in [-0.1, -0.05) is 158 Å². The summed E-state index contributed by atoms with van der Waals surface area (Å²) in [5, 5.41) is 4.93. The van der Waals surface area contributed by atoms with E-state index in [0.29, 0.717) is 11.6 Å². The summed E-state index contributed by atoms with van der Waals surface area (Å²) in [6.45, 7) is 0. The Balaban J connectivity index is 1.27. The summed E-state index contributed by atoms with van der Waals surface area (Å²) in [6, 6.07) is 56.1. The molecule has 3 nitrogen and oxygen atoms in total. The maximum absolute atomic E-state index is 5.18. The van der Waals surface area contributed by atoms with Gasteiger partial charge >= 0.3 is 0 Å². The highest BCUT2D eigenvalue weighted by molar-refractivity contribution is 6.14. The Morgan fingerprint density at radius 2 is 0.960 bits per heavy atom. The predicted molar refractivity (Wildman–Crippen MR) is 208 cm³/mol. The molecular formula is C47H33N3. The molecule has 0 aliphatic heterocycles. The predicted octanol–water partition coefficient (Wildman–Crippen LogP) is 12.1. The highest BCUT2D eigenvalue weighted by Gasteiger charge is 2.19. The number of fused-ring (bicyclic) bond motifs is 3. The second kappa shape index (κ2) is 12.9. The van der Waals surface area contributed by atoms with Gasteiger partial charge in [-0.25, -0.2) is 15.0 Å². The van der Waals surface area contributed by atoms with Crippen molar-refractivity contribution < 1.29 is 0 Å². The van der Waals surface area contributed by atoms with Gasteiger partial charge in [0.25, 0.3) is 0 Å². The van der Waals surface area contributed by atoms with E-state index in [2.05, 4.69) is 164 Å². The van der Waals surface area contributed by atoms with Crippen molar-refractivity contribution in [3.8, 4) is 56.2 Å². The van der Waals surface area contributed by atoms with Crippen LogP contribution in [0.25, 0.3) is 77.7 Å². The van der Waals surface area contributed by atoms with Crippen LogP contribution in [-0.4, -0.2) is 15.0 Å². The molecule has 7 aromatic carbocycles. The van der Waals surface area contributed by atoms with Crippen molar-refractivity contribution in [1.82, 2.24) is 15.0 Å². The zero-order chi connectivity index (χ0) is 33.3. The lowest BCUT2D eigenvalue weighted by atomic mass is 9.90. The van der Waals surface area contributed by atoms with Gasteiger partial charge in [0, 0.05) is 17.0 Å². The van der Waals surface area contributed by atoms with Crippen molar-refractivity contribution in [3.63, 3.8) is 0 Å². The summed E-state index contributed by atoms with van der Waals surface area (Å²) in [7, 11) is 0. The first-order chi connectivity index (χ1) is 24.8. The molecule has 0 saturated carbocycles. The molecule has 8 aromatic rings. The highest BCUT2D eigenvalue weighted by Crippen LogP contribution is 2.39. The lowest BCUT2D eigenvalue weighted by Crippen LogP contribution is -2.08. The van der Waals surface area contributed by atoms with Crippen molar-refractivity contribution >= 4 is 21.5 Å². The number of nitrogens with zero attached hydrogens (tertiary/aromatic N) is 3. The molecular weight excluding hydrogens is 607 g/mol. The van der Waals surface area contributed by atoms with E-state index in [9.17, 15) is 0 Å². The standard InChI is InChI=1S/C47H33N3/c1-4-14-32(15-5-1)33-24-26-34(27-25-33)38-28-39(44-31-37-20-10-11-21-41(37)42-22-12-13-23-43(42)44)30-40(29-38)47-49-45(35-16-6-2-7-17-35)48-46(50-47)36-18-8-3-9-19-36/h1-18,20-31,36H,19H2. The molecule has 0 radical (unpaired) electrons. The van der Waals surface area contributed by atoms with Crippen molar-refractivity contribution in [2.45, 2.75) is 12.3 Å². The summed E-state index contributed by atoms with van der Waals surface area (Å²) >= 11 is 0. The van der Waals surface area contributed by atoms with E-state index in [4.69, 9.17) is 15.0 Å². The largest absolute Gasteiger partial charge is 0.212 e. The SMILES string of the molecule is C1=CCC(c2nc(-c3ccccc3)nc(-c3cc(-c4ccc(-c5ccccc5)cc4)cc(-c4cc5ccccc5c5ccccc45)c3)n2)C=C1. The van der Waals surface area contributed by atoms with Crippen molar-refractivity contribution in [2.75, 3.05) is 0 Å². The van der Waals surface area contributed by atoms with E-state index < -0.39 is 0 Å².